The van der Waals surface area contributed by atoms with Gasteiger partial charge >= 0.3 is 6.61 Å². The SMILES string of the molecule is CN(C)CCOc1ccc(CNC(=O)c2cccc(OC(F)F)c2)cc1. The summed E-state index contributed by atoms with van der Waals surface area (Å²) in [6.07, 6.45) is 0. The lowest BCUT2D eigenvalue weighted by Crippen LogP contribution is -2.22. The average Bonchev–Trinajstić information content (AvgIpc) is 2.60. The summed E-state index contributed by atoms with van der Waals surface area (Å²) in [4.78, 5) is 14.2. The molecule has 2 aromatic carbocycles. The van der Waals surface area contributed by atoms with Gasteiger partial charge in [-0.15, -0.1) is 0 Å². The number of hydrogen-bond acceptors (Lipinski definition) is 4. The largest absolute Gasteiger partial charge is 0.492 e. The number of rotatable bonds is 9. The molecule has 26 heavy (non-hydrogen) atoms. The lowest BCUT2D eigenvalue weighted by atomic mass is 10.2. The zero-order chi connectivity index (χ0) is 18.9. The second-order valence-electron chi connectivity index (χ2n) is 5.88. The second kappa shape index (κ2) is 9.72. The van der Waals surface area contributed by atoms with Gasteiger partial charge < -0.3 is 19.7 Å². The molecule has 0 saturated carbocycles. The first-order valence-electron chi connectivity index (χ1n) is 8.13. The molecule has 5 nitrogen and oxygen atoms in total. The van der Waals surface area contributed by atoms with Gasteiger partial charge in [0, 0.05) is 18.7 Å². The van der Waals surface area contributed by atoms with E-state index in [0.717, 1.165) is 17.9 Å². The molecule has 7 heteroatoms. The van der Waals surface area contributed by atoms with Crippen molar-refractivity contribution < 1.29 is 23.0 Å². The van der Waals surface area contributed by atoms with Crippen LogP contribution in [0.2, 0.25) is 0 Å². The third-order valence-electron chi connectivity index (χ3n) is 3.51. The van der Waals surface area contributed by atoms with Crippen LogP contribution >= 0.6 is 0 Å². The highest BCUT2D eigenvalue weighted by Crippen LogP contribution is 2.16. The Balaban J connectivity index is 1.85. The van der Waals surface area contributed by atoms with E-state index in [9.17, 15) is 13.6 Å². The molecule has 0 bridgehead atoms. The molecule has 0 saturated heterocycles. The maximum atomic E-state index is 12.2. The van der Waals surface area contributed by atoms with Crippen LogP contribution in [-0.2, 0) is 6.54 Å². The van der Waals surface area contributed by atoms with E-state index in [2.05, 4.69) is 10.1 Å². The highest BCUT2D eigenvalue weighted by molar-refractivity contribution is 5.94. The van der Waals surface area contributed by atoms with E-state index >= 15 is 0 Å². The lowest BCUT2D eigenvalue weighted by molar-refractivity contribution is -0.0498. The van der Waals surface area contributed by atoms with Crippen molar-refractivity contribution in [3.8, 4) is 11.5 Å². The van der Waals surface area contributed by atoms with E-state index in [4.69, 9.17) is 4.74 Å². The zero-order valence-electron chi connectivity index (χ0n) is 14.7. The van der Waals surface area contributed by atoms with Crippen LogP contribution in [0.15, 0.2) is 48.5 Å². The molecule has 0 unspecified atom stereocenters. The van der Waals surface area contributed by atoms with Crippen LogP contribution in [0.5, 0.6) is 11.5 Å². The number of halogens is 2. The summed E-state index contributed by atoms with van der Waals surface area (Å²) in [6.45, 7) is -1.19. The summed E-state index contributed by atoms with van der Waals surface area (Å²) in [5.74, 6) is 0.349. The number of likely N-dealkylation sites (N-methyl/N-ethyl adjacent to an activating group) is 1. The van der Waals surface area contributed by atoms with Crippen molar-refractivity contribution in [3.05, 3.63) is 59.7 Å². The number of alkyl halides is 2. The van der Waals surface area contributed by atoms with Gasteiger partial charge in [-0.3, -0.25) is 4.79 Å². The topological polar surface area (TPSA) is 50.8 Å². The second-order valence-corrected chi connectivity index (χ2v) is 5.88. The Morgan fingerprint density at radius 2 is 1.85 bits per heavy atom. The highest BCUT2D eigenvalue weighted by Gasteiger charge is 2.09. The molecular weight excluding hydrogens is 342 g/mol. The van der Waals surface area contributed by atoms with Crippen LogP contribution in [0.1, 0.15) is 15.9 Å². The maximum absolute atomic E-state index is 12.2. The Kier molecular flexibility index (Phi) is 7.35. The standard InChI is InChI=1S/C19H22F2N2O3/c1-23(2)10-11-25-16-8-6-14(7-9-16)13-22-18(24)15-4-3-5-17(12-15)26-19(20)21/h3-9,12,19H,10-11,13H2,1-2H3,(H,22,24). The first-order valence-corrected chi connectivity index (χ1v) is 8.13. The molecule has 1 amide bonds. The van der Waals surface area contributed by atoms with Gasteiger partial charge in [0.15, 0.2) is 0 Å². The van der Waals surface area contributed by atoms with E-state index < -0.39 is 6.61 Å². The van der Waals surface area contributed by atoms with Crippen molar-refractivity contribution >= 4 is 5.91 Å². The number of carbonyl (C=O) groups excluding carboxylic acids is 1. The molecule has 2 rings (SSSR count). The van der Waals surface area contributed by atoms with Crippen LogP contribution in [0, 0.1) is 0 Å². The third kappa shape index (κ3) is 6.68. The number of nitrogens with zero attached hydrogens (tertiary/aromatic N) is 1. The first-order chi connectivity index (χ1) is 12.4. The fourth-order valence-electron chi connectivity index (χ4n) is 2.15. The summed E-state index contributed by atoms with van der Waals surface area (Å²) < 4.78 is 34.4. The number of ether oxygens (including phenoxy) is 2. The molecule has 2 aromatic rings. The maximum Gasteiger partial charge on any atom is 0.387 e. The minimum Gasteiger partial charge on any atom is -0.492 e. The van der Waals surface area contributed by atoms with E-state index in [-0.39, 0.29) is 17.2 Å². The monoisotopic (exact) mass is 364 g/mol. The number of carbonyl (C=O) groups is 1. The number of hydrogen-bond donors (Lipinski definition) is 1. The molecule has 0 radical (unpaired) electrons. The normalized spacial score (nSPS) is 10.8. The van der Waals surface area contributed by atoms with Crippen molar-refractivity contribution in [1.29, 1.82) is 0 Å². The Hall–Kier alpha value is -2.67. The van der Waals surface area contributed by atoms with Gasteiger partial charge in [0.2, 0.25) is 0 Å². The van der Waals surface area contributed by atoms with Gasteiger partial charge in [0.25, 0.3) is 5.91 Å². The van der Waals surface area contributed by atoms with E-state index in [1.807, 2.05) is 43.3 Å². The van der Waals surface area contributed by atoms with Crippen LogP contribution in [0.25, 0.3) is 0 Å². The summed E-state index contributed by atoms with van der Waals surface area (Å²) in [5, 5.41) is 2.74. The van der Waals surface area contributed by atoms with E-state index in [0.29, 0.717) is 13.2 Å². The van der Waals surface area contributed by atoms with Crippen LogP contribution in [-0.4, -0.2) is 44.7 Å². The molecular formula is C19H22F2N2O3. The number of nitrogens with one attached hydrogen (secondary N) is 1. The molecule has 0 heterocycles. The van der Waals surface area contributed by atoms with Gasteiger partial charge in [-0.1, -0.05) is 18.2 Å². The van der Waals surface area contributed by atoms with Gasteiger partial charge in [-0.2, -0.15) is 8.78 Å². The smallest absolute Gasteiger partial charge is 0.387 e. The Morgan fingerprint density at radius 1 is 1.12 bits per heavy atom. The van der Waals surface area contributed by atoms with Crippen molar-refractivity contribution in [1.82, 2.24) is 10.2 Å². The summed E-state index contributed by atoms with van der Waals surface area (Å²) in [6, 6.07) is 13.1. The molecule has 0 aromatic heterocycles. The third-order valence-corrected chi connectivity index (χ3v) is 3.51. The molecule has 0 atom stereocenters. The van der Waals surface area contributed by atoms with Gasteiger partial charge in [0.1, 0.15) is 18.1 Å². The molecule has 0 aliphatic carbocycles. The van der Waals surface area contributed by atoms with Crippen molar-refractivity contribution in [2.75, 3.05) is 27.2 Å². The molecule has 0 aliphatic heterocycles. The predicted octanol–water partition coefficient (Wildman–Crippen LogP) is 3.16. The fourth-order valence-corrected chi connectivity index (χ4v) is 2.15. The number of benzene rings is 2. The van der Waals surface area contributed by atoms with Crippen LogP contribution in [0.4, 0.5) is 8.78 Å². The first kappa shape index (κ1) is 19.7. The molecule has 0 spiro atoms. The summed E-state index contributed by atoms with van der Waals surface area (Å²) in [5.41, 5.74) is 1.16. The number of amides is 1. The molecule has 0 aliphatic rings. The lowest BCUT2D eigenvalue weighted by Gasteiger charge is -2.11. The minimum absolute atomic E-state index is 0.0492. The van der Waals surface area contributed by atoms with E-state index in [1.165, 1.54) is 24.3 Å². The Morgan fingerprint density at radius 3 is 2.50 bits per heavy atom. The Labute approximate surface area is 151 Å². The van der Waals surface area contributed by atoms with Crippen molar-refractivity contribution in [2.24, 2.45) is 0 Å². The summed E-state index contributed by atoms with van der Waals surface area (Å²) in [7, 11) is 3.95. The van der Waals surface area contributed by atoms with Crippen molar-refractivity contribution in [2.45, 2.75) is 13.2 Å². The van der Waals surface area contributed by atoms with Crippen LogP contribution in [0.3, 0.4) is 0 Å². The molecule has 1 N–H and O–H groups in total. The van der Waals surface area contributed by atoms with Gasteiger partial charge in [0.05, 0.1) is 0 Å². The fraction of sp³-hybridized carbons (Fsp3) is 0.316. The van der Waals surface area contributed by atoms with E-state index in [1.54, 1.807) is 0 Å². The van der Waals surface area contributed by atoms with Crippen molar-refractivity contribution in [3.63, 3.8) is 0 Å². The van der Waals surface area contributed by atoms with Gasteiger partial charge in [-0.05, 0) is 50.0 Å². The molecule has 140 valence electrons. The Bertz CT molecular complexity index is 706. The minimum atomic E-state index is -2.92. The molecule has 0 fully saturated rings. The zero-order valence-corrected chi connectivity index (χ0v) is 14.7. The van der Waals surface area contributed by atoms with Gasteiger partial charge in [-0.25, -0.2) is 0 Å². The quantitative estimate of drug-likeness (QED) is 0.743. The highest BCUT2D eigenvalue weighted by atomic mass is 19.3. The predicted molar refractivity (Wildman–Crippen MR) is 94.7 cm³/mol. The van der Waals surface area contributed by atoms with Crippen LogP contribution < -0.4 is 14.8 Å². The summed E-state index contributed by atoms with van der Waals surface area (Å²) >= 11 is 0. The average molecular weight is 364 g/mol.